The van der Waals surface area contributed by atoms with Crippen molar-refractivity contribution in [2.24, 2.45) is 5.73 Å². The van der Waals surface area contributed by atoms with Crippen LogP contribution in [-0.4, -0.2) is 32.8 Å². The van der Waals surface area contributed by atoms with Gasteiger partial charge in [0.1, 0.15) is 11.8 Å². The van der Waals surface area contributed by atoms with E-state index in [-0.39, 0.29) is 0 Å². The Bertz CT molecular complexity index is 1410. The number of benzene rings is 2. The van der Waals surface area contributed by atoms with Crippen LogP contribution in [0.3, 0.4) is 0 Å². The molecule has 2 N–H and O–H groups in total. The lowest BCUT2D eigenvalue weighted by atomic mass is 9.92. The van der Waals surface area contributed by atoms with E-state index in [2.05, 4.69) is 21.1 Å². The van der Waals surface area contributed by atoms with E-state index in [9.17, 15) is 10.1 Å². The molecule has 0 aliphatic rings. The number of aryl methyl sites for hydroxylation is 2. The molecular weight excluding hydrogens is 454 g/mol. The van der Waals surface area contributed by atoms with Gasteiger partial charge in [0.05, 0.1) is 24.6 Å². The standard InChI is InChI=1S/C27H27N7O2/c1-4-33-17-21(16-32-33)34(20-8-6-5-7-9-20)27-30-14-19(15-31-27)10-11-22-18(2)23(26(29)35)12-25(36-3)24(22)13-28/h5-9,12,14-17H,4,10-11H2,1-3H3,(H2,29,35). The lowest BCUT2D eigenvalue weighted by Gasteiger charge is -2.21. The minimum atomic E-state index is -0.559. The van der Waals surface area contributed by atoms with Crippen LogP contribution in [0, 0.1) is 18.3 Å². The molecule has 2 heterocycles. The highest BCUT2D eigenvalue weighted by atomic mass is 16.5. The first kappa shape index (κ1) is 24.4. The van der Waals surface area contributed by atoms with E-state index in [1.165, 1.54) is 13.2 Å². The number of nitrogens with two attached hydrogens (primary N) is 1. The van der Waals surface area contributed by atoms with Gasteiger partial charge >= 0.3 is 0 Å². The number of amides is 1. The number of carbonyl (C=O) groups is 1. The fourth-order valence-electron chi connectivity index (χ4n) is 4.12. The Balaban J connectivity index is 1.62. The van der Waals surface area contributed by atoms with E-state index in [1.807, 2.05) is 53.0 Å². The molecule has 0 aliphatic carbocycles. The minimum Gasteiger partial charge on any atom is -0.495 e. The SMILES string of the molecule is CCn1cc(N(c2ccccc2)c2ncc(CCc3c(C)c(C(N)=O)cc(OC)c3C#N)cn2)cn1. The second-order valence-corrected chi connectivity index (χ2v) is 8.20. The Morgan fingerprint density at radius 2 is 1.86 bits per heavy atom. The molecule has 4 aromatic rings. The average Bonchev–Trinajstić information content (AvgIpc) is 3.37. The van der Waals surface area contributed by atoms with Crippen LogP contribution in [0.25, 0.3) is 0 Å². The van der Waals surface area contributed by atoms with Crippen LogP contribution in [0.5, 0.6) is 5.75 Å². The number of primary amides is 1. The highest BCUT2D eigenvalue weighted by Gasteiger charge is 2.20. The second kappa shape index (κ2) is 10.7. The van der Waals surface area contributed by atoms with Crippen LogP contribution in [0.1, 0.15) is 39.5 Å². The molecule has 0 fully saturated rings. The van der Waals surface area contributed by atoms with Crippen LogP contribution >= 0.6 is 0 Å². The van der Waals surface area contributed by atoms with E-state index in [1.54, 1.807) is 25.5 Å². The maximum absolute atomic E-state index is 11.9. The zero-order valence-corrected chi connectivity index (χ0v) is 20.5. The molecule has 0 saturated heterocycles. The average molecular weight is 482 g/mol. The summed E-state index contributed by atoms with van der Waals surface area (Å²) in [4.78, 5) is 23.1. The monoisotopic (exact) mass is 481 g/mol. The molecule has 36 heavy (non-hydrogen) atoms. The predicted octanol–water partition coefficient (Wildman–Crippen LogP) is 4.24. The van der Waals surface area contributed by atoms with Crippen molar-refractivity contribution in [3.63, 3.8) is 0 Å². The summed E-state index contributed by atoms with van der Waals surface area (Å²) in [5, 5.41) is 14.1. The predicted molar refractivity (Wildman–Crippen MR) is 137 cm³/mol. The maximum Gasteiger partial charge on any atom is 0.249 e. The number of para-hydroxylation sites is 1. The van der Waals surface area contributed by atoms with Gasteiger partial charge in [-0.2, -0.15) is 10.4 Å². The summed E-state index contributed by atoms with van der Waals surface area (Å²) >= 11 is 0. The van der Waals surface area contributed by atoms with Crippen LogP contribution in [0.4, 0.5) is 17.3 Å². The quantitative estimate of drug-likeness (QED) is 0.379. The molecule has 1 amide bonds. The lowest BCUT2D eigenvalue weighted by molar-refractivity contribution is 0.0999. The van der Waals surface area contributed by atoms with E-state index in [0.29, 0.717) is 41.2 Å². The number of rotatable bonds is 9. The fraction of sp³-hybridized carbons (Fsp3) is 0.222. The molecule has 0 bridgehead atoms. The van der Waals surface area contributed by atoms with E-state index in [4.69, 9.17) is 10.5 Å². The van der Waals surface area contributed by atoms with Gasteiger partial charge < -0.3 is 10.5 Å². The third kappa shape index (κ3) is 4.88. The molecule has 0 atom stereocenters. The van der Waals surface area contributed by atoms with Gasteiger partial charge in [0.15, 0.2) is 0 Å². The largest absolute Gasteiger partial charge is 0.495 e. The van der Waals surface area contributed by atoms with Gasteiger partial charge in [-0.05, 0) is 61.6 Å². The molecule has 0 spiro atoms. The summed E-state index contributed by atoms with van der Waals surface area (Å²) in [7, 11) is 1.47. The van der Waals surface area contributed by atoms with Crippen LogP contribution in [0.15, 0.2) is 61.2 Å². The topological polar surface area (TPSA) is 123 Å². The number of hydrogen-bond acceptors (Lipinski definition) is 7. The molecule has 182 valence electrons. The Hall–Kier alpha value is -4.71. The van der Waals surface area contributed by atoms with Gasteiger partial charge in [-0.3, -0.25) is 14.4 Å². The number of anilines is 3. The van der Waals surface area contributed by atoms with Gasteiger partial charge in [-0.25, -0.2) is 9.97 Å². The maximum atomic E-state index is 11.9. The van der Waals surface area contributed by atoms with Crippen molar-refractivity contribution in [1.82, 2.24) is 19.7 Å². The zero-order valence-electron chi connectivity index (χ0n) is 20.5. The molecule has 0 radical (unpaired) electrons. The van der Waals surface area contributed by atoms with Crippen molar-refractivity contribution in [2.45, 2.75) is 33.2 Å². The van der Waals surface area contributed by atoms with Crippen molar-refractivity contribution in [3.05, 3.63) is 89.0 Å². The second-order valence-electron chi connectivity index (χ2n) is 8.20. The summed E-state index contributed by atoms with van der Waals surface area (Å²) in [5.41, 5.74) is 10.4. The number of carbonyl (C=O) groups excluding carboxylic acids is 1. The summed E-state index contributed by atoms with van der Waals surface area (Å²) < 4.78 is 7.19. The lowest BCUT2D eigenvalue weighted by Crippen LogP contribution is -2.15. The molecule has 0 saturated carbocycles. The van der Waals surface area contributed by atoms with Crippen LogP contribution < -0.4 is 15.4 Å². The number of nitriles is 1. The number of nitrogens with zero attached hydrogens (tertiary/aromatic N) is 6. The van der Waals surface area contributed by atoms with Gasteiger partial charge in [-0.15, -0.1) is 0 Å². The summed E-state index contributed by atoms with van der Waals surface area (Å²) in [6.45, 7) is 4.58. The third-order valence-corrected chi connectivity index (χ3v) is 6.05. The van der Waals surface area contributed by atoms with Gasteiger partial charge in [0.2, 0.25) is 11.9 Å². The number of methoxy groups -OCH3 is 1. The normalized spacial score (nSPS) is 10.6. The zero-order chi connectivity index (χ0) is 25.7. The smallest absolute Gasteiger partial charge is 0.249 e. The first-order valence-electron chi connectivity index (χ1n) is 11.6. The Morgan fingerprint density at radius 3 is 2.44 bits per heavy atom. The first-order valence-corrected chi connectivity index (χ1v) is 11.6. The minimum absolute atomic E-state index is 0.338. The Kier molecular flexibility index (Phi) is 7.25. The molecule has 4 rings (SSSR count). The molecule has 2 aromatic carbocycles. The van der Waals surface area contributed by atoms with Crippen molar-refractivity contribution in [3.8, 4) is 11.8 Å². The van der Waals surface area contributed by atoms with Gasteiger partial charge in [0.25, 0.3) is 0 Å². The molecule has 2 aromatic heterocycles. The van der Waals surface area contributed by atoms with Crippen molar-refractivity contribution < 1.29 is 9.53 Å². The van der Waals surface area contributed by atoms with E-state index >= 15 is 0 Å². The molecule has 0 unspecified atom stereocenters. The van der Waals surface area contributed by atoms with Gasteiger partial charge in [0, 0.05) is 36.4 Å². The van der Waals surface area contributed by atoms with Crippen molar-refractivity contribution >= 4 is 23.2 Å². The summed E-state index contributed by atoms with van der Waals surface area (Å²) in [6.07, 6.45) is 8.37. The van der Waals surface area contributed by atoms with Crippen molar-refractivity contribution in [2.75, 3.05) is 12.0 Å². The van der Waals surface area contributed by atoms with Crippen molar-refractivity contribution in [1.29, 1.82) is 5.26 Å². The van der Waals surface area contributed by atoms with Gasteiger partial charge in [-0.1, -0.05) is 18.2 Å². The number of aromatic nitrogens is 4. The first-order chi connectivity index (χ1) is 17.5. The molecular formula is C27H27N7O2. The highest BCUT2D eigenvalue weighted by Crippen LogP contribution is 2.32. The molecule has 0 aliphatic heterocycles. The van der Waals surface area contributed by atoms with E-state index in [0.717, 1.165) is 29.0 Å². The molecule has 9 heteroatoms. The summed E-state index contributed by atoms with van der Waals surface area (Å²) in [6, 6.07) is 13.6. The van der Waals surface area contributed by atoms with E-state index < -0.39 is 5.91 Å². The van der Waals surface area contributed by atoms with Crippen LogP contribution in [0.2, 0.25) is 0 Å². The highest BCUT2D eigenvalue weighted by molar-refractivity contribution is 5.95. The molecule has 9 nitrogen and oxygen atoms in total. The summed E-state index contributed by atoms with van der Waals surface area (Å²) in [5.74, 6) is 0.299. The van der Waals surface area contributed by atoms with Crippen LogP contribution in [-0.2, 0) is 19.4 Å². The Labute approximate surface area is 209 Å². The fourth-order valence-corrected chi connectivity index (χ4v) is 4.12. The Morgan fingerprint density at radius 1 is 1.14 bits per heavy atom. The third-order valence-electron chi connectivity index (χ3n) is 6.05. The number of ether oxygens (including phenoxy) is 1. The number of hydrogen-bond donors (Lipinski definition) is 1.